The smallest absolute Gasteiger partial charge is 0.194 e. The molecule has 1 heterocycles. The molecule has 0 spiro atoms. The van der Waals surface area contributed by atoms with Gasteiger partial charge in [0.15, 0.2) is 0 Å². The highest BCUT2D eigenvalue weighted by atomic mass is 14.9. The van der Waals surface area contributed by atoms with Gasteiger partial charge in [-0.15, -0.1) is 0 Å². The molecule has 0 aliphatic heterocycles. The van der Waals surface area contributed by atoms with Crippen molar-refractivity contribution in [2.24, 2.45) is 13.0 Å². The number of aryl methyl sites for hydroxylation is 4. The van der Waals surface area contributed by atoms with E-state index in [1.54, 1.807) is 0 Å². The lowest BCUT2D eigenvalue weighted by Gasteiger charge is -2.15. The fraction of sp³-hybridized carbons (Fsp3) is 0.423. The number of hydrogen-bond donors (Lipinski definition) is 0. The van der Waals surface area contributed by atoms with Crippen molar-refractivity contribution in [1.29, 1.82) is 0 Å². The molecule has 1 nitrogen and oxygen atoms in total. The van der Waals surface area contributed by atoms with Gasteiger partial charge in [-0.05, 0) is 68.9 Å². The second-order valence-electron chi connectivity index (χ2n) is 8.74. The quantitative estimate of drug-likeness (QED) is 0.484. The lowest BCUT2D eigenvalue weighted by atomic mass is 9.91. The standard InChI is InChI=1S/C26H32N/c1-17-10-11-25-24(13-17)22(15-21-8-6-7-9-21)16-26(27(25)5)23-14-18(2)12-19(3)20(23)4/h10-14,16,21H,6-9,15H2,1-5H3/q+1. The number of fused-ring (bicyclic) bond motifs is 1. The van der Waals surface area contributed by atoms with Gasteiger partial charge in [0.2, 0.25) is 11.2 Å². The molecule has 0 unspecified atom stereocenters. The number of rotatable bonds is 3. The van der Waals surface area contributed by atoms with Crippen LogP contribution in [0.1, 0.15) is 53.5 Å². The number of hydrogen-bond acceptors (Lipinski definition) is 0. The van der Waals surface area contributed by atoms with E-state index in [1.165, 1.54) is 82.1 Å². The molecule has 0 N–H and O–H groups in total. The van der Waals surface area contributed by atoms with Crippen LogP contribution >= 0.6 is 0 Å². The number of aromatic nitrogens is 1. The molecule has 140 valence electrons. The maximum Gasteiger partial charge on any atom is 0.213 e. The second-order valence-corrected chi connectivity index (χ2v) is 8.74. The van der Waals surface area contributed by atoms with Gasteiger partial charge in [-0.1, -0.05) is 48.9 Å². The summed E-state index contributed by atoms with van der Waals surface area (Å²) in [6.45, 7) is 8.91. The predicted molar refractivity (Wildman–Crippen MR) is 115 cm³/mol. The normalized spacial score (nSPS) is 15.0. The maximum absolute atomic E-state index is 2.49. The topological polar surface area (TPSA) is 3.88 Å². The lowest BCUT2D eigenvalue weighted by Crippen LogP contribution is -2.33. The van der Waals surface area contributed by atoms with Crippen LogP contribution in [0, 0.1) is 33.6 Å². The van der Waals surface area contributed by atoms with E-state index >= 15 is 0 Å². The van der Waals surface area contributed by atoms with E-state index < -0.39 is 0 Å². The summed E-state index contributed by atoms with van der Waals surface area (Å²) in [4.78, 5) is 0. The van der Waals surface area contributed by atoms with Crippen molar-refractivity contribution in [3.63, 3.8) is 0 Å². The van der Waals surface area contributed by atoms with Crippen LogP contribution in [0.3, 0.4) is 0 Å². The Morgan fingerprint density at radius 3 is 2.37 bits per heavy atom. The Balaban J connectivity index is 1.96. The largest absolute Gasteiger partial charge is 0.213 e. The van der Waals surface area contributed by atoms with Gasteiger partial charge < -0.3 is 0 Å². The summed E-state index contributed by atoms with van der Waals surface area (Å²) in [5, 5.41) is 1.44. The minimum absolute atomic E-state index is 0.856. The zero-order valence-corrected chi connectivity index (χ0v) is 17.5. The molecule has 0 radical (unpaired) electrons. The Labute approximate surface area is 164 Å². The van der Waals surface area contributed by atoms with Crippen LogP contribution in [0.2, 0.25) is 0 Å². The Morgan fingerprint density at radius 2 is 1.63 bits per heavy atom. The summed E-state index contributed by atoms with van der Waals surface area (Å²) in [7, 11) is 2.23. The van der Waals surface area contributed by atoms with Crippen molar-refractivity contribution in [3.8, 4) is 11.3 Å². The average molecular weight is 359 g/mol. The summed E-state index contributed by atoms with van der Waals surface area (Å²) >= 11 is 0. The molecule has 0 saturated heterocycles. The number of benzene rings is 2. The summed E-state index contributed by atoms with van der Waals surface area (Å²) in [5.41, 5.74) is 11.1. The van der Waals surface area contributed by atoms with Crippen molar-refractivity contribution in [2.75, 3.05) is 0 Å². The molecule has 4 rings (SSSR count). The highest BCUT2D eigenvalue weighted by Gasteiger charge is 2.23. The number of nitrogens with zero attached hydrogens (tertiary/aromatic N) is 1. The van der Waals surface area contributed by atoms with Crippen molar-refractivity contribution in [2.45, 2.75) is 59.8 Å². The highest BCUT2D eigenvalue weighted by molar-refractivity contribution is 5.83. The predicted octanol–water partition coefficient (Wildman–Crippen LogP) is 6.30. The first-order valence-corrected chi connectivity index (χ1v) is 10.4. The first-order chi connectivity index (χ1) is 12.9. The van der Waals surface area contributed by atoms with E-state index in [2.05, 4.69) is 75.7 Å². The Kier molecular flexibility index (Phi) is 4.80. The molecular formula is C26H32N+. The van der Waals surface area contributed by atoms with Gasteiger partial charge in [0.1, 0.15) is 7.05 Å². The SMILES string of the molecule is Cc1cc(C)c(C)c(-c2cc(CC3CCCC3)c3cc(C)ccc3[n+]2C)c1. The van der Waals surface area contributed by atoms with Crippen LogP contribution in [0.4, 0.5) is 0 Å². The third kappa shape index (κ3) is 3.40. The molecule has 1 saturated carbocycles. The average Bonchev–Trinajstić information content (AvgIpc) is 3.13. The van der Waals surface area contributed by atoms with E-state index in [0.29, 0.717) is 0 Å². The Hall–Kier alpha value is -2.15. The van der Waals surface area contributed by atoms with Crippen LogP contribution in [0.25, 0.3) is 22.2 Å². The summed E-state index contributed by atoms with van der Waals surface area (Å²) in [6.07, 6.45) is 6.83. The van der Waals surface area contributed by atoms with Crippen LogP contribution < -0.4 is 4.57 Å². The van der Waals surface area contributed by atoms with Gasteiger partial charge in [0, 0.05) is 23.1 Å². The molecule has 0 bridgehead atoms. The maximum atomic E-state index is 2.49. The first-order valence-electron chi connectivity index (χ1n) is 10.4. The zero-order valence-electron chi connectivity index (χ0n) is 17.5. The van der Waals surface area contributed by atoms with Crippen LogP contribution in [-0.2, 0) is 13.5 Å². The van der Waals surface area contributed by atoms with E-state index in [1.807, 2.05) is 0 Å². The third-order valence-electron chi connectivity index (χ3n) is 6.60. The van der Waals surface area contributed by atoms with Crippen molar-refractivity contribution in [1.82, 2.24) is 0 Å². The minimum Gasteiger partial charge on any atom is -0.194 e. The second kappa shape index (κ2) is 7.11. The molecule has 1 aromatic heterocycles. The third-order valence-corrected chi connectivity index (χ3v) is 6.60. The Bertz CT molecular complexity index is 1010. The van der Waals surface area contributed by atoms with Gasteiger partial charge >= 0.3 is 0 Å². The minimum atomic E-state index is 0.856. The molecule has 2 aromatic carbocycles. The molecule has 1 heteroatoms. The van der Waals surface area contributed by atoms with E-state index in [0.717, 1.165) is 5.92 Å². The molecule has 1 aliphatic rings. The van der Waals surface area contributed by atoms with Crippen molar-refractivity contribution in [3.05, 3.63) is 64.2 Å². The molecule has 3 aromatic rings. The summed E-state index contributed by atoms with van der Waals surface area (Å²) < 4.78 is 2.40. The molecule has 1 fully saturated rings. The molecular weight excluding hydrogens is 326 g/mol. The van der Waals surface area contributed by atoms with Gasteiger partial charge in [-0.2, -0.15) is 4.57 Å². The van der Waals surface area contributed by atoms with E-state index in [9.17, 15) is 0 Å². The Morgan fingerprint density at radius 1 is 0.889 bits per heavy atom. The summed E-state index contributed by atoms with van der Waals surface area (Å²) in [6, 6.07) is 14.1. The van der Waals surface area contributed by atoms with Gasteiger partial charge in [0.25, 0.3) is 0 Å². The fourth-order valence-electron chi connectivity index (χ4n) is 4.93. The fourth-order valence-corrected chi connectivity index (χ4v) is 4.93. The molecule has 27 heavy (non-hydrogen) atoms. The van der Waals surface area contributed by atoms with Crippen molar-refractivity contribution >= 4 is 10.9 Å². The van der Waals surface area contributed by atoms with Gasteiger partial charge in [0.05, 0.1) is 0 Å². The molecule has 0 atom stereocenters. The van der Waals surface area contributed by atoms with Crippen LogP contribution in [0.15, 0.2) is 36.4 Å². The van der Waals surface area contributed by atoms with Gasteiger partial charge in [-0.25, -0.2) is 0 Å². The monoisotopic (exact) mass is 358 g/mol. The first kappa shape index (κ1) is 18.2. The molecule has 0 amide bonds. The van der Waals surface area contributed by atoms with E-state index in [-0.39, 0.29) is 0 Å². The lowest BCUT2D eigenvalue weighted by molar-refractivity contribution is -0.633. The van der Waals surface area contributed by atoms with Crippen molar-refractivity contribution < 1.29 is 4.57 Å². The van der Waals surface area contributed by atoms with Gasteiger partial charge in [-0.3, -0.25) is 0 Å². The van der Waals surface area contributed by atoms with Crippen LogP contribution in [0.5, 0.6) is 0 Å². The highest BCUT2D eigenvalue weighted by Crippen LogP contribution is 2.33. The van der Waals surface area contributed by atoms with Crippen LogP contribution in [-0.4, -0.2) is 0 Å². The summed E-state index contributed by atoms with van der Waals surface area (Å²) in [5.74, 6) is 0.856. The van der Waals surface area contributed by atoms with E-state index in [4.69, 9.17) is 0 Å². The molecule has 1 aliphatic carbocycles. The number of pyridine rings is 1. The zero-order chi connectivity index (χ0) is 19.1.